The molecule has 0 radical (unpaired) electrons. The Morgan fingerprint density at radius 3 is 2.85 bits per heavy atom. The summed E-state index contributed by atoms with van der Waals surface area (Å²) in [6.45, 7) is 4.95. The molecule has 0 aromatic carbocycles. The van der Waals surface area contributed by atoms with Gasteiger partial charge in [0.2, 0.25) is 0 Å². The number of ether oxygens (including phenoxy) is 1. The van der Waals surface area contributed by atoms with Gasteiger partial charge in [0.15, 0.2) is 0 Å². The molecule has 110 valence electrons. The molecule has 1 aliphatic rings. The Balaban J connectivity index is 2.19. The predicted molar refractivity (Wildman–Crippen MR) is 77.6 cm³/mol. The second kappa shape index (κ2) is 6.33. The van der Waals surface area contributed by atoms with Crippen molar-refractivity contribution in [3.63, 3.8) is 0 Å². The maximum absolute atomic E-state index is 12.7. The molecule has 2 atom stereocenters. The molecule has 1 aromatic heterocycles. The lowest BCUT2D eigenvalue weighted by atomic mass is 9.98. The van der Waals surface area contributed by atoms with Crippen LogP contribution in [-0.2, 0) is 4.74 Å². The topological polar surface area (TPSA) is 68.5 Å². The Kier molecular flexibility index (Phi) is 4.73. The number of carbonyl (C=O) groups excluding carboxylic acids is 1. The summed E-state index contributed by atoms with van der Waals surface area (Å²) in [5, 5.41) is 0. The SMILES string of the molecule is COC1CCN(C(=O)c2ccc(C)nc2C)C(CN)C1. The number of nitrogens with two attached hydrogens (primary N) is 1. The van der Waals surface area contributed by atoms with E-state index in [2.05, 4.69) is 4.98 Å². The van der Waals surface area contributed by atoms with Crippen molar-refractivity contribution in [2.75, 3.05) is 20.2 Å². The molecule has 0 saturated carbocycles. The van der Waals surface area contributed by atoms with Gasteiger partial charge in [-0.2, -0.15) is 0 Å². The Labute approximate surface area is 120 Å². The van der Waals surface area contributed by atoms with Gasteiger partial charge in [0.25, 0.3) is 5.91 Å². The Morgan fingerprint density at radius 1 is 1.50 bits per heavy atom. The van der Waals surface area contributed by atoms with E-state index in [9.17, 15) is 4.79 Å². The van der Waals surface area contributed by atoms with Crippen LogP contribution in [0.4, 0.5) is 0 Å². The zero-order chi connectivity index (χ0) is 14.7. The lowest BCUT2D eigenvalue weighted by molar-refractivity contribution is 0.0138. The van der Waals surface area contributed by atoms with Gasteiger partial charge >= 0.3 is 0 Å². The number of pyridine rings is 1. The van der Waals surface area contributed by atoms with Crippen LogP contribution in [0, 0.1) is 13.8 Å². The number of nitrogens with zero attached hydrogens (tertiary/aromatic N) is 2. The lowest BCUT2D eigenvalue weighted by Gasteiger charge is -2.38. The van der Waals surface area contributed by atoms with Crippen molar-refractivity contribution in [2.24, 2.45) is 5.73 Å². The number of amides is 1. The van der Waals surface area contributed by atoms with Crippen molar-refractivity contribution in [2.45, 2.75) is 38.8 Å². The summed E-state index contributed by atoms with van der Waals surface area (Å²) in [6, 6.07) is 3.78. The highest BCUT2D eigenvalue weighted by atomic mass is 16.5. The maximum Gasteiger partial charge on any atom is 0.255 e. The summed E-state index contributed by atoms with van der Waals surface area (Å²) in [7, 11) is 1.71. The molecular formula is C15H23N3O2. The van der Waals surface area contributed by atoms with E-state index >= 15 is 0 Å². The molecule has 2 heterocycles. The summed E-state index contributed by atoms with van der Waals surface area (Å²) in [4.78, 5) is 18.9. The Hall–Kier alpha value is -1.46. The number of aromatic nitrogens is 1. The second-order valence-corrected chi connectivity index (χ2v) is 5.36. The minimum Gasteiger partial charge on any atom is -0.381 e. The third kappa shape index (κ3) is 2.99. The zero-order valence-electron chi connectivity index (χ0n) is 12.4. The van der Waals surface area contributed by atoms with Crippen LogP contribution in [-0.4, -0.2) is 48.1 Å². The van der Waals surface area contributed by atoms with E-state index in [-0.39, 0.29) is 18.1 Å². The summed E-state index contributed by atoms with van der Waals surface area (Å²) in [5.74, 6) is 0.0278. The van der Waals surface area contributed by atoms with E-state index in [4.69, 9.17) is 10.5 Å². The molecule has 20 heavy (non-hydrogen) atoms. The van der Waals surface area contributed by atoms with Crippen LogP contribution in [0.3, 0.4) is 0 Å². The van der Waals surface area contributed by atoms with E-state index in [0.29, 0.717) is 18.7 Å². The lowest BCUT2D eigenvalue weighted by Crippen LogP contribution is -2.51. The van der Waals surface area contributed by atoms with Crippen LogP contribution in [0.15, 0.2) is 12.1 Å². The Bertz CT molecular complexity index is 490. The van der Waals surface area contributed by atoms with Crippen molar-refractivity contribution >= 4 is 5.91 Å². The first-order valence-electron chi connectivity index (χ1n) is 7.05. The highest BCUT2D eigenvalue weighted by molar-refractivity contribution is 5.95. The maximum atomic E-state index is 12.7. The molecule has 5 nitrogen and oxygen atoms in total. The third-order valence-electron chi connectivity index (χ3n) is 3.99. The molecular weight excluding hydrogens is 254 g/mol. The van der Waals surface area contributed by atoms with Crippen molar-refractivity contribution in [1.82, 2.24) is 9.88 Å². The van der Waals surface area contributed by atoms with Gasteiger partial charge in [-0.3, -0.25) is 9.78 Å². The molecule has 1 amide bonds. The third-order valence-corrected chi connectivity index (χ3v) is 3.99. The highest BCUT2D eigenvalue weighted by Crippen LogP contribution is 2.22. The standard InChI is InChI=1S/C15H23N3O2/c1-10-4-5-14(11(2)17-10)15(19)18-7-6-13(20-3)8-12(18)9-16/h4-5,12-13H,6-9,16H2,1-3H3. The van der Waals surface area contributed by atoms with Crippen LogP contribution in [0.5, 0.6) is 0 Å². The second-order valence-electron chi connectivity index (χ2n) is 5.36. The van der Waals surface area contributed by atoms with Gasteiger partial charge in [-0.1, -0.05) is 0 Å². The first kappa shape index (κ1) is 14.9. The van der Waals surface area contributed by atoms with Gasteiger partial charge in [-0.25, -0.2) is 0 Å². The van der Waals surface area contributed by atoms with Gasteiger partial charge in [-0.15, -0.1) is 0 Å². The van der Waals surface area contributed by atoms with E-state index in [1.807, 2.05) is 30.9 Å². The first-order valence-corrected chi connectivity index (χ1v) is 7.05. The number of piperidine rings is 1. The summed E-state index contributed by atoms with van der Waals surface area (Å²) < 4.78 is 5.39. The normalized spacial score (nSPS) is 22.9. The first-order chi connectivity index (χ1) is 9.56. The monoisotopic (exact) mass is 277 g/mol. The number of likely N-dealkylation sites (tertiary alicyclic amines) is 1. The van der Waals surface area contributed by atoms with Gasteiger partial charge < -0.3 is 15.4 Å². The van der Waals surface area contributed by atoms with Crippen LogP contribution in [0.2, 0.25) is 0 Å². The van der Waals surface area contributed by atoms with E-state index < -0.39 is 0 Å². The number of hydrogen-bond donors (Lipinski definition) is 1. The van der Waals surface area contributed by atoms with E-state index in [1.54, 1.807) is 7.11 Å². The van der Waals surface area contributed by atoms with E-state index in [0.717, 1.165) is 24.2 Å². The number of carbonyl (C=O) groups is 1. The molecule has 0 bridgehead atoms. The van der Waals surface area contributed by atoms with Crippen molar-refractivity contribution in [3.05, 3.63) is 29.1 Å². The van der Waals surface area contributed by atoms with Crippen LogP contribution in [0.25, 0.3) is 0 Å². The van der Waals surface area contributed by atoms with Crippen molar-refractivity contribution in [1.29, 1.82) is 0 Å². The fraction of sp³-hybridized carbons (Fsp3) is 0.600. The number of methoxy groups -OCH3 is 1. The van der Waals surface area contributed by atoms with Gasteiger partial charge in [0.1, 0.15) is 0 Å². The average Bonchev–Trinajstić information content (AvgIpc) is 2.46. The summed E-state index contributed by atoms with van der Waals surface area (Å²) in [6.07, 6.45) is 1.86. The molecule has 0 spiro atoms. The molecule has 1 aromatic rings. The molecule has 1 fully saturated rings. The van der Waals surface area contributed by atoms with Crippen LogP contribution in [0.1, 0.15) is 34.6 Å². The summed E-state index contributed by atoms with van der Waals surface area (Å²) >= 11 is 0. The minimum absolute atomic E-state index is 0.0278. The highest BCUT2D eigenvalue weighted by Gasteiger charge is 2.31. The fourth-order valence-corrected chi connectivity index (χ4v) is 2.79. The molecule has 5 heteroatoms. The Morgan fingerprint density at radius 2 is 2.25 bits per heavy atom. The van der Waals surface area contributed by atoms with Gasteiger partial charge in [-0.05, 0) is 38.8 Å². The molecule has 2 rings (SSSR count). The van der Waals surface area contributed by atoms with Crippen LogP contribution >= 0.6 is 0 Å². The predicted octanol–water partition coefficient (Wildman–Crippen LogP) is 1.28. The quantitative estimate of drug-likeness (QED) is 0.903. The molecule has 2 N–H and O–H groups in total. The number of rotatable bonds is 3. The van der Waals surface area contributed by atoms with E-state index in [1.165, 1.54) is 0 Å². The fourth-order valence-electron chi connectivity index (χ4n) is 2.79. The summed E-state index contributed by atoms with van der Waals surface area (Å²) in [5.41, 5.74) is 8.20. The number of hydrogen-bond acceptors (Lipinski definition) is 4. The van der Waals surface area contributed by atoms with Crippen molar-refractivity contribution < 1.29 is 9.53 Å². The van der Waals surface area contributed by atoms with Gasteiger partial charge in [0, 0.05) is 31.9 Å². The zero-order valence-corrected chi connectivity index (χ0v) is 12.4. The molecule has 2 unspecified atom stereocenters. The molecule has 1 saturated heterocycles. The molecule has 1 aliphatic heterocycles. The minimum atomic E-state index is 0.0278. The van der Waals surface area contributed by atoms with Crippen molar-refractivity contribution in [3.8, 4) is 0 Å². The average molecular weight is 277 g/mol. The van der Waals surface area contributed by atoms with Gasteiger partial charge in [0.05, 0.1) is 17.4 Å². The largest absolute Gasteiger partial charge is 0.381 e. The van der Waals surface area contributed by atoms with Crippen LogP contribution < -0.4 is 5.73 Å². The number of aryl methyl sites for hydroxylation is 2. The molecule has 0 aliphatic carbocycles. The smallest absolute Gasteiger partial charge is 0.255 e.